The van der Waals surface area contributed by atoms with Gasteiger partial charge in [0.25, 0.3) is 5.91 Å². The summed E-state index contributed by atoms with van der Waals surface area (Å²) in [4.78, 5) is 15.1. The highest BCUT2D eigenvalue weighted by atomic mass is 19.1. The molecule has 0 aliphatic rings. The molecule has 2 N–H and O–H groups in total. The van der Waals surface area contributed by atoms with Crippen molar-refractivity contribution >= 4 is 16.8 Å². The van der Waals surface area contributed by atoms with Crippen LogP contribution < -0.4 is 5.32 Å². The monoisotopic (exact) mass is 234 g/mol. The van der Waals surface area contributed by atoms with Crippen molar-refractivity contribution in [1.29, 1.82) is 0 Å². The highest BCUT2D eigenvalue weighted by Gasteiger charge is 2.16. The fourth-order valence-corrected chi connectivity index (χ4v) is 1.93. The Kier molecular flexibility index (Phi) is 2.88. The van der Waals surface area contributed by atoms with E-state index in [1.807, 2.05) is 20.8 Å². The van der Waals surface area contributed by atoms with Crippen molar-refractivity contribution in [3.05, 3.63) is 35.3 Å². The van der Waals surface area contributed by atoms with Crippen LogP contribution in [0.1, 0.15) is 29.9 Å². The number of hydrogen-bond donors (Lipinski definition) is 2. The van der Waals surface area contributed by atoms with Crippen LogP contribution in [-0.4, -0.2) is 16.9 Å². The lowest BCUT2D eigenvalue weighted by atomic mass is 10.1. The average molecular weight is 234 g/mol. The summed E-state index contributed by atoms with van der Waals surface area (Å²) in [6, 6.07) is 4.46. The van der Waals surface area contributed by atoms with Gasteiger partial charge in [0.2, 0.25) is 0 Å². The van der Waals surface area contributed by atoms with Gasteiger partial charge in [-0.1, -0.05) is 0 Å². The minimum atomic E-state index is -0.338. The molecule has 4 heteroatoms. The second kappa shape index (κ2) is 4.20. The number of carbonyl (C=O) groups excluding carboxylic acids is 1. The first-order valence-corrected chi connectivity index (χ1v) is 5.57. The van der Waals surface area contributed by atoms with Crippen molar-refractivity contribution < 1.29 is 9.18 Å². The second-order valence-electron chi connectivity index (χ2n) is 4.44. The quantitative estimate of drug-likeness (QED) is 0.824. The highest BCUT2D eigenvalue weighted by molar-refractivity contribution is 6.08. The molecular formula is C13H15FN2O. The van der Waals surface area contributed by atoms with Crippen LogP contribution in [0.2, 0.25) is 0 Å². The number of rotatable bonds is 2. The van der Waals surface area contributed by atoms with Crippen molar-refractivity contribution in [3.8, 4) is 0 Å². The molecule has 1 aromatic heterocycles. The smallest absolute Gasteiger partial charge is 0.253 e. The molecule has 90 valence electrons. The van der Waals surface area contributed by atoms with E-state index in [9.17, 15) is 9.18 Å². The first kappa shape index (κ1) is 11.6. The second-order valence-corrected chi connectivity index (χ2v) is 4.44. The Labute approximate surface area is 99.0 Å². The minimum absolute atomic E-state index is 0.0559. The summed E-state index contributed by atoms with van der Waals surface area (Å²) >= 11 is 0. The number of hydrogen-bond acceptors (Lipinski definition) is 1. The van der Waals surface area contributed by atoms with Crippen molar-refractivity contribution in [1.82, 2.24) is 10.3 Å². The number of amides is 1. The van der Waals surface area contributed by atoms with Crippen molar-refractivity contribution in [2.75, 3.05) is 0 Å². The largest absolute Gasteiger partial charge is 0.358 e. The van der Waals surface area contributed by atoms with Crippen LogP contribution in [-0.2, 0) is 0 Å². The SMILES string of the molecule is Cc1[nH]c2ccc(F)cc2c1C(=O)NC(C)C. The standard InChI is InChI=1S/C13H15FN2O/c1-7(2)15-13(17)12-8(3)16-11-5-4-9(14)6-10(11)12/h4-7,16H,1-3H3,(H,15,17). The van der Waals surface area contributed by atoms with E-state index in [-0.39, 0.29) is 17.8 Å². The fourth-order valence-electron chi connectivity index (χ4n) is 1.93. The highest BCUT2D eigenvalue weighted by Crippen LogP contribution is 2.23. The van der Waals surface area contributed by atoms with Crippen LogP contribution in [0, 0.1) is 12.7 Å². The summed E-state index contributed by atoms with van der Waals surface area (Å²) in [6.45, 7) is 5.60. The Morgan fingerprint density at radius 1 is 1.41 bits per heavy atom. The van der Waals surface area contributed by atoms with E-state index in [4.69, 9.17) is 0 Å². The predicted octanol–water partition coefficient (Wildman–Crippen LogP) is 2.75. The van der Waals surface area contributed by atoms with Gasteiger partial charge in [-0.2, -0.15) is 0 Å². The Bertz CT molecular complexity index is 572. The molecule has 0 saturated heterocycles. The number of aromatic amines is 1. The number of H-pyrrole nitrogens is 1. The van der Waals surface area contributed by atoms with Gasteiger partial charge in [0.1, 0.15) is 5.82 Å². The minimum Gasteiger partial charge on any atom is -0.358 e. The maximum atomic E-state index is 13.2. The lowest BCUT2D eigenvalue weighted by molar-refractivity contribution is 0.0944. The molecule has 17 heavy (non-hydrogen) atoms. The molecule has 1 aromatic carbocycles. The van der Waals surface area contributed by atoms with E-state index in [2.05, 4.69) is 10.3 Å². The lowest BCUT2D eigenvalue weighted by Gasteiger charge is -2.08. The zero-order valence-corrected chi connectivity index (χ0v) is 10.1. The fraction of sp³-hybridized carbons (Fsp3) is 0.308. The van der Waals surface area contributed by atoms with E-state index in [1.54, 1.807) is 6.07 Å². The molecule has 0 unspecified atom stereocenters. The van der Waals surface area contributed by atoms with E-state index in [0.29, 0.717) is 10.9 Å². The van der Waals surface area contributed by atoms with Gasteiger partial charge in [0.05, 0.1) is 5.56 Å². The summed E-state index contributed by atoms with van der Waals surface area (Å²) in [5.41, 5.74) is 2.05. The first-order chi connectivity index (χ1) is 7.99. The Hall–Kier alpha value is -1.84. The number of aromatic nitrogens is 1. The molecule has 0 bridgehead atoms. The van der Waals surface area contributed by atoms with Crippen LogP contribution in [0.15, 0.2) is 18.2 Å². The van der Waals surface area contributed by atoms with Crippen LogP contribution in [0.25, 0.3) is 10.9 Å². The molecular weight excluding hydrogens is 219 g/mol. The van der Waals surface area contributed by atoms with E-state index in [0.717, 1.165) is 11.2 Å². The molecule has 1 amide bonds. The molecule has 2 rings (SSSR count). The van der Waals surface area contributed by atoms with Gasteiger partial charge in [-0.25, -0.2) is 4.39 Å². The van der Waals surface area contributed by atoms with Crippen molar-refractivity contribution in [2.24, 2.45) is 0 Å². The number of fused-ring (bicyclic) bond motifs is 1. The third-order valence-corrected chi connectivity index (χ3v) is 2.59. The average Bonchev–Trinajstić information content (AvgIpc) is 2.52. The van der Waals surface area contributed by atoms with Crippen LogP contribution in [0.5, 0.6) is 0 Å². The number of halogens is 1. The molecule has 0 radical (unpaired) electrons. The summed E-state index contributed by atoms with van der Waals surface area (Å²) < 4.78 is 13.2. The van der Waals surface area contributed by atoms with E-state index >= 15 is 0 Å². The molecule has 1 heterocycles. The predicted molar refractivity (Wildman–Crippen MR) is 65.6 cm³/mol. The van der Waals surface area contributed by atoms with Crippen LogP contribution >= 0.6 is 0 Å². The van der Waals surface area contributed by atoms with Gasteiger partial charge in [-0.15, -0.1) is 0 Å². The van der Waals surface area contributed by atoms with Crippen molar-refractivity contribution in [3.63, 3.8) is 0 Å². The molecule has 2 aromatic rings. The molecule has 0 aliphatic heterocycles. The molecule has 0 aliphatic carbocycles. The Balaban J connectivity index is 2.55. The van der Waals surface area contributed by atoms with Gasteiger partial charge >= 0.3 is 0 Å². The third kappa shape index (κ3) is 2.16. The molecule has 0 fully saturated rings. The van der Waals surface area contributed by atoms with Crippen LogP contribution in [0.4, 0.5) is 4.39 Å². The van der Waals surface area contributed by atoms with E-state index < -0.39 is 0 Å². The van der Waals surface area contributed by atoms with Gasteiger partial charge in [0, 0.05) is 22.6 Å². The molecule has 3 nitrogen and oxygen atoms in total. The number of nitrogens with one attached hydrogen (secondary N) is 2. The molecule has 0 spiro atoms. The zero-order chi connectivity index (χ0) is 12.6. The number of carbonyl (C=O) groups is 1. The lowest BCUT2D eigenvalue weighted by Crippen LogP contribution is -2.30. The molecule has 0 saturated carbocycles. The van der Waals surface area contributed by atoms with Gasteiger partial charge in [0.15, 0.2) is 0 Å². The Morgan fingerprint density at radius 3 is 2.76 bits per heavy atom. The summed E-state index contributed by atoms with van der Waals surface area (Å²) in [5, 5.41) is 3.44. The van der Waals surface area contributed by atoms with Crippen LogP contribution in [0.3, 0.4) is 0 Å². The van der Waals surface area contributed by atoms with Gasteiger partial charge in [-0.05, 0) is 39.0 Å². The van der Waals surface area contributed by atoms with Crippen molar-refractivity contribution in [2.45, 2.75) is 26.8 Å². The summed E-state index contributed by atoms with van der Waals surface area (Å²) in [5.74, 6) is -0.510. The Morgan fingerprint density at radius 2 is 2.12 bits per heavy atom. The summed E-state index contributed by atoms with van der Waals surface area (Å²) in [6.07, 6.45) is 0. The van der Waals surface area contributed by atoms with E-state index in [1.165, 1.54) is 12.1 Å². The van der Waals surface area contributed by atoms with Gasteiger partial charge in [-0.3, -0.25) is 4.79 Å². The number of aryl methyl sites for hydroxylation is 1. The maximum Gasteiger partial charge on any atom is 0.253 e. The zero-order valence-electron chi connectivity index (χ0n) is 10.1. The normalized spacial score (nSPS) is 11.1. The molecule has 0 atom stereocenters. The number of benzene rings is 1. The first-order valence-electron chi connectivity index (χ1n) is 5.57. The summed E-state index contributed by atoms with van der Waals surface area (Å²) in [7, 11) is 0. The maximum absolute atomic E-state index is 13.2. The third-order valence-electron chi connectivity index (χ3n) is 2.59. The van der Waals surface area contributed by atoms with Gasteiger partial charge < -0.3 is 10.3 Å². The topological polar surface area (TPSA) is 44.9 Å².